The molecule has 2 aromatic heterocycles. The van der Waals surface area contributed by atoms with E-state index in [2.05, 4.69) is 0 Å². The molecule has 0 amide bonds. The lowest BCUT2D eigenvalue weighted by atomic mass is 10.2. The fraction of sp³-hybridized carbons (Fsp3) is 0.250. The number of nitrogens with zero attached hydrogens (tertiary/aromatic N) is 1. The van der Waals surface area contributed by atoms with Gasteiger partial charge in [0.25, 0.3) is 0 Å². The maximum atomic E-state index is 14.0. The number of thiophene rings is 1. The molecule has 4 nitrogen and oxygen atoms in total. The zero-order valence-electron chi connectivity index (χ0n) is 12.2. The molecule has 2 heterocycles. The lowest BCUT2D eigenvalue weighted by Crippen LogP contribution is -2.09. The van der Waals surface area contributed by atoms with Crippen molar-refractivity contribution in [3.63, 3.8) is 0 Å². The summed E-state index contributed by atoms with van der Waals surface area (Å²) in [4.78, 5) is 0. The van der Waals surface area contributed by atoms with Crippen molar-refractivity contribution in [1.29, 1.82) is 0 Å². The van der Waals surface area contributed by atoms with E-state index in [9.17, 15) is 17.9 Å². The Hall–Kier alpha value is -1.70. The standard InChI is InChI=1S/C16H14FNO3S2/c1-23(20,21)16-13-10(8-11(17)14(13)19)15(22-16)18-7-6-9-4-2-3-5-12(9)18/h2-7,11,14,19H,8H2,1H3/t11-,14-/m1/s1. The first-order valence-corrected chi connectivity index (χ1v) is 9.83. The third-order valence-corrected chi connectivity index (χ3v) is 7.28. The third kappa shape index (κ3) is 2.14. The van der Waals surface area contributed by atoms with Crippen molar-refractivity contribution in [1.82, 2.24) is 4.57 Å². The minimum atomic E-state index is -3.53. The second-order valence-electron chi connectivity index (χ2n) is 5.77. The molecule has 0 saturated carbocycles. The molecule has 2 atom stereocenters. The Morgan fingerprint density at radius 2 is 2.04 bits per heavy atom. The number of sulfone groups is 1. The minimum Gasteiger partial charge on any atom is -0.385 e. The number of aliphatic hydroxyl groups excluding tert-OH is 1. The van der Waals surface area contributed by atoms with Gasteiger partial charge in [-0.1, -0.05) is 18.2 Å². The van der Waals surface area contributed by atoms with Crippen LogP contribution in [0.2, 0.25) is 0 Å². The average Bonchev–Trinajstić information content (AvgIpc) is 3.13. The topological polar surface area (TPSA) is 59.3 Å². The van der Waals surface area contributed by atoms with Gasteiger partial charge in [0.15, 0.2) is 9.84 Å². The van der Waals surface area contributed by atoms with Crippen LogP contribution in [0.4, 0.5) is 4.39 Å². The summed E-state index contributed by atoms with van der Waals surface area (Å²) in [7, 11) is -3.53. The summed E-state index contributed by atoms with van der Waals surface area (Å²) >= 11 is 1.10. The Morgan fingerprint density at radius 1 is 1.30 bits per heavy atom. The van der Waals surface area contributed by atoms with Crippen LogP contribution in [0.15, 0.2) is 40.7 Å². The predicted octanol–water partition coefficient (Wildman–Crippen LogP) is 3.02. The number of halogens is 1. The smallest absolute Gasteiger partial charge is 0.185 e. The molecule has 0 aliphatic heterocycles. The van der Waals surface area contributed by atoms with Crippen LogP contribution in [0.1, 0.15) is 17.2 Å². The molecule has 0 saturated heterocycles. The largest absolute Gasteiger partial charge is 0.385 e. The van der Waals surface area contributed by atoms with Crippen LogP contribution >= 0.6 is 11.3 Å². The van der Waals surface area contributed by atoms with E-state index in [4.69, 9.17) is 0 Å². The highest BCUT2D eigenvalue weighted by Gasteiger charge is 2.40. The quantitative estimate of drug-likeness (QED) is 0.772. The molecule has 0 fully saturated rings. The van der Waals surface area contributed by atoms with Crippen molar-refractivity contribution >= 4 is 32.1 Å². The third-order valence-electron chi connectivity index (χ3n) is 4.19. The van der Waals surface area contributed by atoms with Crippen LogP contribution in [0.5, 0.6) is 0 Å². The van der Waals surface area contributed by atoms with Crippen molar-refractivity contribution in [2.45, 2.75) is 22.9 Å². The molecule has 0 bridgehead atoms. The molecule has 23 heavy (non-hydrogen) atoms. The Balaban J connectivity index is 2.03. The van der Waals surface area contributed by atoms with E-state index in [0.29, 0.717) is 10.6 Å². The lowest BCUT2D eigenvalue weighted by Gasteiger charge is -2.07. The van der Waals surface area contributed by atoms with Gasteiger partial charge < -0.3 is 9.67 Å². The van der Waals surface area contributed by atoms with Crippen LogP contribution < -0.4 is 0 Å². The predicted molar refractivity (Wildman–Crippen MR) is 87.8 cm³/mol. The highest BCUT2D eigenvalue weighted by Crippen LogP contribution is 2.46. The molecular formula is C16H14FNO3S2. The first-order valence-electron chi connectivity index (χ1n) is 7.12. The number of aliphatic hydroxyl groups is 1. The Bertz CT molecular complexity index is 1020. The zero-order valence-corrected chi connectivity index (χ0v) is 13.9. The van der Waals surface area contributed by atoms with Crippen LogP contribution in [0, 0.1) is 0 Å². The zero-order chi connectivity index (χ0) is 16.4. The molecule has 3 aromatic rings. The van der Waals surface area contributed by atoms with Crippen LogP contribution in [-0.4, -0.2) is 30.5 Å². The Morgan fingerprint density at radius 3 is 2.78 bits per heavy atom. The SMILES string of the molecule is CS(=O)(=O)c1sc(-n2ccc3ccccc32)c2c1[C@H](O)[C@H](F)C2. The number of benzene rings is 1. The first kappa shape index (κ1) is 14.9. The first-order chi connectivity index (χ1) is 10.9. The van der Waals surface area contributed by atoms with Gasteiger partial charge in [-0.3, -0.25) is 0 Å². The second-order valence-corrected chi connectivity index (χ2v) is 8.98. The van der Waals surface area contributed by atoms with Gasteiger partial charge in [-0.05, 0) is 23.1 Å². The molecule has 0 spiro atoms. The van der Waals surface area contributed by atoms with Gasteiger partial charge in [0.05, 0.1) is 5.52 Å². The minimum absolute atomic E-state index is 0.0321. The molecule has 0 unspecified atom stereocenters. The Kier molecular flexibility index (Phi) is 3.16. The van der Waals surface area contributed by atoms with Gasteiger partial charge in [0, 0.05) is 24.4 Å². The van der Waals surface area contributed by atoms with Crippen LogP contribution in [0.25, 0.3) is 15.9 Å². The van der Waals surface area contributed by atoms with Crippen molar-refractivity contribution < 1.29 is 17.9 Å². The molecule has 120 valence electrons. The highest BCUT2D eigenvalue weighted by molar-refractivity contribution is 7.92. The van der Waals surface area contributed by atoms with Gasteiger partial charge in [-0.15, -0.1) is 11.3 Å². The second kappa shape index (κ2) is 4.90. The molecule has 1 aliphatic rings. The van der Waals surface area contributed by atoms with E-state index >= 15 is 0 Å². The van der Waals surface area contributed by atoms with E-state index in [1.807, 2.05) is 41.1 Å². The van der Waals surface area contributed by atoms with E-state index in [1.54, 1.807) is 0 Å². The molecule has 1 aliphatic carbocycles. The van der Waals surface area contributed by atoms with Crippen molar-refractivity contribution in [2.24, 2.45) is 0 Å². The Labute approximate surface area is 136 Å². The number of rotatable bonds is 2. The monoisotopic (exact) mass is 351 g/mol. The number of alkyl halides is 1. The van der Waals surface area contributed by atoms with E-state index in [-0.39, 0.29) is 16.2 Å². The summed E-state index contributed by atoms with van der Waals surface area (Å²) in [6, 6.07) is 9.65. The highest BCUT2D eigenvalue weighted by atomic mass is 32.2. The van der Waals surface area contributed by atoms with Gasteiger partial charge >= 0.3 is 0 Å². The van der Waals surface area contributed by atoms with Crippen molar-refractivity contribution in [2.75, 3.05) is 6.26 Å². The van der Waals surface area contributed by atoms with Crippen molar-refractivity contribution in [3.05, 3.63) is 47.7 Å². The van der Waals surface area contributed by atoms with Crippen LogP contribution in [-0.2, 0) is 16.3 Å². The van der Waals surface area contributed by atoms with Crippen molar-refractivity contribution in [3.8, 4) is 5.00 Å². The van der Waals surface area contributed by atoms with Crippen LogP contribution in [0.3, 0.4) is 0 Å². The summed E-state index contributed by atoms with van der Waals surface area (Å²) in [5.41, 5.74) is 1.75. The summed E-state index contributed by atoms with van der Waals surface area (Å²) < 4.78 is 40.1. The molecular weight excluding hydrogens is 337 g/mol. The summed E-state index contributed by atoms with van der Waals surface area (Å²) in [6.45, 7) is 0. The maximum Gasteiger partial charge on any atom is 0.185 e. The molecule has 4 rings (SSSR count). The number of para-hydroxylation sites is 1. The van der Waals surface area contributed by atoms with Gasteiger partial charge in [0.2, 0.25) is 0 Å². The lowest BCUT2D eigenvalue weighted by molar-refractivity contribution is 0.0910. The normalized spacial score (nSPS) is 21.0. The van der Waals surface area contributed by atoms with Gasteiger partial charge in [0.1, 0.15) is 21.5 Å². The fourth-order valence-electron chi connectivity index (χ4n) is 3.16. The molecule has 0 radical (unpaired) electrons. The molecule has 1 aromatic carbocycles. The number of hydrogen-bond acceptors (Lipinski definition) is 4. The van der Waals surface area contributed by atoms with Gasteiger partial charge in [-0.25, -0.2) is 12.8 Å². The fourth-order valence-corrected chi connectivity index (χ4v) is 5.75. The summed E-state index contributed by atoms with van der Waals surface area (Å²) in [6.07, 6.45) is 0.135. The molecule has 1 N–H and O–H groups in total. The number of hydrogen-bond donors (Lipinski definition) is 1. The maximum absolute atomic E-state index is 14.0. The number of fused-ring (bicyclic) bond motifs is 2. The van der Waals surface area contributed by atoms with Gasteiger partial charge in [-0.2, -0.15) is 0 Å². The number of aromatic nitrogens is 1. The van der Waals surface area contributed by atoms with E-state index < -0.39 is 22.1 Å². The van der Waals surface area contributed by atoms with E-state index in [1.165, 1.54) is 0 Å². The average molecular weight is 351 g/mol. The van der Waals surface area contributed by atoms with E-state index in [0.717, 1.165) is 28.5 Å². The molecule has 7 heteroatoms. The summed E-state index contributed by atoms with van der Waals surface area (Å²) in [5.74, 6) is 0. The summed E-state index contributed by atoms with van der Waals surface area (Å²) in [5, 5.41) is 11.8.